The molecule has 3 heteroatoms. The number of benzene rings is 1. The predicted octanol–water partition coefficient (Wildman–Crippen LogP) is 4.97. The zero-order chi connectivity index (χ0) is 14.4. The van der Waals surface area contributed by atoms with Crippen LogP contribution in [0.3, 0.4) is 0 Å². The van der Waals surface area contributed by atoms with Gasteiger partial charge in [-0.05, 0) is 61.9 Å². The summed E-state index contributed by atoms with van der Waals surface area (Å²) < 4.78 is 13.9. The van der Waals surface area contributed by atoms with Gasteiger partial charge in [0.1, 0.15) is 5.82 Å². The van der Waals surface area contributed by atoms with E-state index in [1.807, 2.05) is 0 Å². The molecule has 0 amide bonds. The van der Waals surface area contributed by atoms with Crippen molar-refractivity contribution in [3.05, 3.63) is 34.6 Å². The third-order valence-corrected chi connectivity index (χ3v) is 4.47. The van der Waals surface area contributed by atoms with Crippen LogP contribution in [-0.2, 0) is 6.42 Å². The summed E-state index contributed by atoms with van der Waals surface area (Å²) in [6.45, 7) is 3.28. The zero-order valence-electron chi connectivity index (χ0n) is 12.3. The number of hydrogen-bond acceptors (Lipinski definition) is 1. The average molecular weight is 298 g/mol. The molecule has 1 aromatic rings. The van der Waals surface area contributed by atoms with Crippen LogP contribution in [0.4, 0.5) is 4.39 Å². The SMILES string of the molecule is CCCNC1CCCCC(Cc2cc(Cl)ccc2F)C1. The highest BCUT2D eigenvalue weighted by Gasteiger charge is 2.21. The maximum Gasteiger partial charge on any atom is 0.126 e. The van der Waals surface area contributed by atoms with Gasteiger partial charge in [0.05, 0.1) is 0 Å². The van der Waals surface area contributed by atoms with Gasteiger partial charge < -0.3 is 5.32 Å². The van der Waals surface area contributed by atoms with E-state index >= 15 is 0 Å². The highest BCUT2D eigenvalue weighted by Crippen LogP contribution is 2.28. The molecule has 2 atom stereocenters. The number of hydrogen-bond donors (Lipinski definition) is 1. The lowest BCUT2D eigenvalue weighted by molar-refractivity contribution is 0.381. The van der Waals surface area contributed by atoms with Crippen molar-refractivity contribution < 1.29 is 4.39 Å². The molecular weight excluding hydrogens is 273 g/mol. The van der Waals surface area contributed by atoms with Crippen molar-refractivity contribution in [2.24, 2.45) is 5.92 Å². The molecule has 1 saturated carbocycles. The van der Waals surface area contributed by atoms with E-state index in [1.54, 1.807) is 12.1 Å². The van der Waals surface area contributed by atoms with E-state index in [4.69, 9.17) is 11.6 Å². The Labute approximate surface area is 126 Å². The van der Waals surface area contributed by atoms with Gasteiger partial charge in [-0.2, -0.15) is 0 Å². The van der Waals surface area contributed by atoms with E-state index in [-0.39, 0.29) is 5.82 Å². The Bertz CT molecular complexity index is 421. The Morgan fingerprint density at radius 1 is 1.30 bits per heavy atom. The summed E-state index contributed by atoms with van der Waals surface area (Å²) in [5.41, 5.74) is 0.777. The Balaban J connectivity index is 1.97. The van der Waals surface area contributed by atoms with Crippen LogP contribution in [0, 0.1) is 11.7 Å². The molecule has 0 aromatic heterocycles. The van der Waals surface area contributed by atoms with Crippen molar-refractivity contribution >= 4 is 11.6 Å². The first-order chi connectivity index (χ1) is 9.69. The summed E-state index contributed by atoms with van der Waals surface area (Å²) in [5.74, 6) is 0.455. The Hall–Kier alpha value is -0.600. The maximum atomic E-state index is 13.9. The molecule has 0 heterocycles. The molecule has 2 rings (SSSR count). The lowest BCUT2D eigenvalue weighted by atomic mass is 9.91. The van der Waals surface area contributed by atoms with Crippen LogP contribution in [-0.4, -0.2) is 12.6 Å². The van der Waals surface area contributed by atoms with E-state index in [2.05, 4.69) is 12.2 Å². The fourth-order valence-electron chi connectivity index (χ4n) is 3.19. The van der Waals surface area contributed by atoms with Crippen molar-refractivity contribution in [3.63, 3.8) is 0 Å². The molecule has 2 unspecified atom stereocenters. The van der Waals surface area contributed by atoms with Gasteiger partial charge in [0.2, 0.25) is 0 Å². The molecule has 1 N–H and O–H groups in total. The lowest BCUT2D eigenvalue weighted by Gasteiger charge is -2.21. The predicted molar refractivity (Wildman–Crippen MR) is 83.8 cm³/mol. The molecule has 0 radical (unpaired) electrons. The molecular formula is C17H25ClFN. The van der Waals surface area contributed by atoms with Crippen LogP contribution in [0.5, 0.6) is 0 Å². The second kappa shape index (κ2) is 7.99. The highest BCUT2D eigenvalue weighted by atomic mass is 35.5. The van der Waals surface area contributed by atoms with Gasteiger partial charge in [0.25, 0.3) is 0 Å². The average Bonchev–Trinajstić information content (AvgIpc) is 2.66. The lowest BCUT2D eigenvalue weighted by Crippen LogP contribution is -2.31. The Kier molecular flexibility index (Phi) is 6.31. The molecule has 1 fully saturated rings. The van der Waals surface area contributed by atoms with Gasteiger partial charge in [0.15, 0.2) is 0 Å². The first kappa shape index (κ1) is 15.8. The van der Waals surface area contributed by atoms with E-state index < -0.39 is 0 Å². The van der Waals surface area contributed by atoms with Crippen molar-refractivity contribution in [2.75, 3.05) is 6.54 Å². The standard InChI is InChI=1S/C17H25ClFN/c1-2-9-20-16-6-4-3-5-13(11-16)10-14-12-15(18)7-8-17(14)19/h7-8,12-13,16,20H,2-6,9-11H2,1H3. The molecule has 0 spiro atoms. The van der Waals surface area contributed by atoms with Gasteiger partial charge >= 0.3 is 0 Å². The van der Waals surface area contributed by atoms with Crippen LogP contribution in [0.25, 0.3) is 0 Å². The van der Waals surface area contributed by atoms with Crippen LogP contribution in [0.2, 0.25) is 5.02 Å². The maximum absolute atomic E-state index is 13.9. The molecule has 0 saturated heterocycles. The first-order valence-corrected chi connectivity index (χ1v) is 8.24. The normalized spacial score (nSPS) is 23.6. The fraction of sp³-hybridized carbons (Fsp3) is 0.647. The topological polar surface area (TPSA) is 12.0 Å². The smallest absolute Gasteiger partial charge is 0.126 e. The molecule has 1 aliphatic rings. The minimum absolute atomic E-state index is 0.114. The summed E-state index contributed by atoms with van der Waals surface area (Å²) in [7, 11) is 0. The van der Waals surface area contributed by atoms with Crippen LogP contribution in [0.15, 0.2) is 18.2 Å². The second-order valence-corrected chi connectivity index (χ2v) is 6.41. The largest absolute Gasteiger partial charge is 0.314 e. The molecule has 0 bridgehead atoms. The van der Waals surface area contributed by atoms with Crippen LogP contribution < -0.4 is 5.32 Å². The van der Waals surface area contributed by atoms with Crippen LogP contribution in [0.1, 0.15) is 51.0 Å². The number of rotatable bonds is 5. The van der Waals surface area contributed by atoms with Crippen LogP contribution >= 0.6 is 11.6 Å². The summed E-state index contributed by atoms with van der Waals surface area (Å²) in [5, 5.41) is 4.27. The molecule has 1 aromatic carbocycles. The molecule has 20 heavy (non-hydrogen) atoms. The molecule has 112 valence electrons. The van der Waals surface area contributed by atoms with Crippen molar-refractivity contribution in [3.8, 4) is 0 Å². The minimum atomic E-state index is -0.114. The van der Waals surface area contributed by atoms with E-state index in [9.17, 15) is 4.39 Å². The third-order valence-electron chi connectivity index (χ3n) is 4.23. The summed E-state index contributed by atoms with van der Waals surface area (Å²) >= 11 is 5.98. The van der Waals surface area contributed by atoms with E-state index in [1.165, 1.54) is 38.2 Å². The van der Waals surface area contributed by atoms with Gasteiger partial charge in [-0.3, -0.25) is 0 Å². The molecule has 1 aliphatic carbocycles. The van der Waals surface area contributed by atoms with E-state index in [0.29, 0.717) is 17.0 Å². The highest BCUT2D eigenvalue weighted by molar-refractivity contribution is 6.30. The Morgan fingerprint density at radius 3 is 2.90 bits per heavy atom. The molecule has 0 aliphatic heterocycles. The summed E-state index contributed by atoms with van der Waals surface area (Å²) in [6, 6.07) is 5.50. The fourth-order valence-corrected chi connectivity index (χ4v) is 3.39. The minimum Gasteiger partial charge on any atom is -0.314 e. The van der Waals surface area contributed by atoms with Crippen molar-refractivity contribution in [1.29, 1.82) is 0 Å². The summed E-state index contributed by atoms with van der Waals surface area (Å²) in [6.07, 6.45) is 8.16. The second-order valence-electron chi connectivity index (χ2n) is 5.98. The number of nitrogens with one attached hydrogen (secondary N) is 1. The van der Waals surface area contributed by atoms with Gasteiger partial charge in [-0.15, -0.1) is 0 Å². The monoisotopic (exact) mass is 297 g/mol. The van der Waals surface area contributed by atoms with Gasteiger partial charge in [0, 0.05) is 11.1 Å². The zero-order valence-corrected chi connectivity index (χ0v) is 13.1. The summed E-state index contributed by atoms with van der Waals surface area (Å²) in [4.78, 5) is 0. The third kappa shape index (κ3) is 4.75. The number of halogens is 2. The Morgan fingerprint density at radius 2 is 2.10 bits per heavy atom. The molecule has 1 nitrogen and oxygen atoms in total. The van der Waals surface area contributed by atoms with Crippen molar-refractivity contribution in [2.45, 2.75) is 57.9 Å². The van der Waals surface area contributed by atoms with Gasteiger partial charge in [-0.25, -0.2) is 4.39 Å². The van der Waals surface area contributed by atoms with E-state index in [0.717, 1.165) is 24.9 Å². The first-order valence-electron chi connectivity index (χ1n) is 7.86. The van der Waals surface area contributed by atoms with Gasteiger partial charge in [-0.1, -0.05) is 37.8 Å². The quantitative estimate of drug-likeness (QED) is 0.757. The van der Waals surface area contributed by atoms with Crippen molar-refractivity contribution in [1.82, 2.24) is 5.32 Å².